The van der Waals surface area contributed by atoms with E-state index in [1.807, 2.05) is 0 Å². The average molecular weight is 302 g/mol. The van der Waals surface area contributed by atoms with Crippen LogP contribution in [0.25, 0.3) is 0 Å². The van der Waals surface area contributed by atoms with Crippen LogP contribution in [-0.4, -0.2) is 65.2 Å². The zero-order chi connectivity index (χ0) is 15.3. The molecule has 1 aliphatic rings. The number of rotatable bonds is 12. The Hall–Kier alpha value is -0.690. The summed E-state index contributed by atoms with van der Waals surface area (Å²) in [5.41, 5.74) is 0. The molecule has 2 atom stereocenters. The summed E-state index contributed by atoms with van der Waals surface area (Å²) in [6.07, 6.45) is 2.94. The molecule has 1 rings (SSSR count). The van der Waals surface area contributed by atoms with Crippen LogP contribution in [0.3, 0.4) is 0 Å². The number of carbonyl (C=O) groups excluding carboxylic acids is 1. The van der Waals surface area contributed by atoms with E-state index in [1.165, 1.54) is 0 Å². The molecule has 0 aliphatic carbocycles. The van der Waals surface area contributed by atoms with Gasteiger partial charge in [0.1, 0.15) is 0 Å². The summed E-state index contributed by atoms with van der Waals surface area (Å²) in [6.45, 7) is 6.87. The van der Waals surface area contributed by atoms with Gasteiger partial charge in [-0.1, -0.05) is 6.92 Å². The van der Waals surface area contributed by atoms with E-state index in [9.17, 15) is 4.79 Å². The van der Waals surface area contributed by atoms with Crippen molar-refractivity contribution in [3.63, 3.8) is 0 Å². The molecule has 0 spiro atoms. The first-order valence-electron chi connectivity index (χ1n) is 7.95. The number of hydrogen-bond acceptors (Lipinski definition) is 5. The van der Waals surface area contributed by atoms with Crippen LogP contribution >= 0.6 is 0 Å². The van der Waals surface area contributed by atoms with Gasteiger partial charge < -0.3 is 24.8 Å². The van der Waals surface area contributed by atoms with E-state index in [1.54, 1.807) is 7.11 Å². The van der Waals surface area contributed by atoms with E-state index < -0.39 is 0 Å². The second-order valence-corrected chi connectivity index (χ2v) is 5.31. The standard InChI is InChI=1S/C15H30N2O4/c1-3-6-16-14-12-21-11-13(14)15(18)17-7-4-5-8-20-10-9-19-2/h13-14,16H,3-12H2,1-2H3,(H,17,18). The van der Waals surface area contributed by atoms with Crippen LogP contribution in [0.4, 0.5) is 0 Å². The molecule has 2 N–H and O–H groups in total. The van der Waals surface area contributed by atoms with Crippen LogP contribution in [0.15, 0.2) is 0 Å². The van der Waals surface area contributed by atoms with Gasteiger partial charge in [0, 0.05) is 26.3 Å². The van der Waals surface area contributed by atoms with Gasteiger partial charge in [-0.15, -0.1) is 0 Å². The lowest BCUT2D eigenvalue weighted by Crippen LogP contribution is -2.44. The molecule has 0 radical (unpaired) electrons. The highest BCUT2D eigenvalue weighted by molar-refractivity contribution is 5.79. The molecule has 1 heterocycles. The second-order valence-electron chi connectivity index (χ2n) is 5.31. The monoisotopic (exact) mass is 302 g/mol. The van der Waals surface area contributed by atoms with Crippen molar-refractivity contribution in [2.24, 2.45) is 5.92 Å². The Morgan fingerprint density at radius 1 is 1.19 bits per heavy atom. The molecule has 0 saturated carbocycles. The quantitative estimate of drug-likeness (QED) is 0.516. The molecule has 1 saturated heterocycles. The van der Waals surface area contributed by atoms with Crippen LogP contribution in [-0.2, 0) is 19.0 Å². The van der Waals surface area contributed by atoms with Crippen molar-refractivity contribution in [2.75, 3.05) is 53.2 Å². The smallest absolute Gasteiger partial charge is 0.227 e. The molecule has 2 unspecified atom stereocenters. The van der Waals surface area contributed by atoms with Gasteiger partial charge in [0.05, 0.1) is 32.3 Å². The van der Waals surface area contributed by atoms with E-state index in [4.69, 9.17) is 14.2 Å². The summed E-state index contributed by atoms with van der Waals surface area (Å²) in [6, 6.07) is 0.155. The highest BCUT2D eigenvalue weighted by atomic mass is 16.5. The molecule has 0 bridgehead atoms. The lowest BCUT2D eigenvalue weighted by atomic mass is 10.0. The zero-order valence-corrected chi connectivity index (χ0v) is 13.4. The normalized spacial score (nSPS) is 21.6. The molecule has 21 heavy (non-hydrogen) atoms. The maximum absolute atomic E-state index is 12.1. The first kappa shape index (κ1) is 18.4. The van der Waals surface area contributed by atoms with E-state index >= 15 is 0 Å². The van der Waals surface area contributed by atoms with Gasteiger partial charge >= 0.3 is 0 Å². The Bertz CT molecular complexity index is 276. The number of unbranched alkanes of at least 4 members (excludes halogenated alkanes) is 1. The van der Waals surface area contributed by atoms with Crippen molar-refractivity contribution in [3.05, 3.63) is 0 Å². The van der Waals surface area contributed by atoms with Crippen molar-refractivity contribution >= 4 is 5.91 Å². The molecule has 0 aromatic carbocycles. The lowest BCUT2D eigenvalue weighted by molar-refractivity contribution is -0.125. The minimum atomic E-state index is -0.0606. The van der Waals surface area contributed by atoms with Crippen molar-refractivity contribution in [3.8, 4) is 0 Å². The van der Waals surface area contributed by atoms with E-state index in [0.717, 1.165) is 25.8 Å². The Morgan fingerprint density at radius 2 is 2.05 bits per heavy atom. The van der Waals surface area contributed by atoms with Gasteiger partial charge in [0.15, 0.2) is 0 Å². The van der Waals surface area contributed by atoms with E-state index in [-0.39, 0.29) is 17.9 Å². The number of nitrogens with one attached hydrogen (secondary N) is 2. The van der Waals surface area contributed by atoms with Crippen LogP contribution in [0.1, 0.15) is 26.2 Å². The summed E-state index contributed by atoms with van der Waals surface area (Å²) in [5, 5.41) is 6.37. The van der Waals surface area contributed by atoms with Gasteiger partial charge in [-0.2, -0.15) is 0 Å². The van der Waals surface area contributed by atoms with Crippen molar-refractivity contribution in [1.82, 2.24) is 10.6 Å². The van der Waals surface area contributed by atoms with Crippen LogP contribution in [0.2, 0.25) is 0 Å². The topological polar surface area (TPSA) is 68.8 Å². The molecule has 1 aliphatic heterocycles. The van der Waals surface area contributed by atoms with E-state index in [2.05, 4.69) is 17.6 Å². The number of ether oxygens (including phenoxy) is 3. The average Bonchev–Trinajstić information content (AvgIpc) is 2.96. The van der Waals surface area contributed by atoms with Gasteiger partial charge in [-0.05, 0) is 25.8 Å². The first-order chi connectivity index (χ1) is 10.3. The van der Waals surface area contributed by atoms with Crippen LogP contribution < -0.4 is 10.6 Å². The van der Waals surface area contributed by atoms with Gasteiger partial charge in [-0.25, -0.2) is 0 Å². The summed E-state index contributed by atoms with van der Waals surface area (Å²) in [7, 11) is 1.66. The van der Waals surface area contributed by atoms with Crippen molar-refractivity contribution in [1.29, 1.82) is 0 Å². The molecular weight excluding hydrogens is 272 g/mol. The maximum atomic E-state index is 12.1. The molecule has 124 valence electrons. The van der Waals surface area contributed by atoms with Crippen molar-refractivity contribution in [2.45, 2.75) is 32.2 Å². The minimum Gasteiger partial charge on any atom is -0.382 e. The highest BCUT2D eigenvalue weighted by Gasteiger charge is 2.33. The third-order valence-corrected chi connectivity index (χ3v) is 3.52. The number of amides is 1. The van der Waals surface area contributed by atoms with Gasteiger partial charge in [0.2, 0.25) is 5.91 Å². The predicted molar refractivity (Wildman–Crippen MR) is 81.3 cm³/mol. The van der Waals surface area contributed by atoms with Crippen LogP contribution in [0.5, 0.6) is 0 Å². The molecule has 1 fully saturated rings. The molecular formula is C15H30N2O4. The fourth-order valence-corrected chi connectivity index (χ4v) is 2.26. The molecule has 0 aromatic rings. The number of carbonyl (C=O) groups is 1. The number of methoxy groups -OCH3 is 1. The maximum Gasteiger partial charge on any atom is 0.227 e. The predicted octanol–water partition coefficient (Wildman–Crippen LogP) is 0.560. The number of hydrogen-bond donors (Lipinski definition) is 2. The molecule has 6 heteroatoms. The van der Waals surface area contributed by atoms with Gasteiger partial charge in [-0.3, -0.25) is 4.79 Å². The van der Waals surface area contributed by atoms with Crippen LogP contribution in [0, 0.1) is 5.92 Å². The molecule has 6 nitrogen and oxygen atoms in total. The largest absolute Gasteiger partial charge is 0.382 e. The summed E-state index contributed by atoms with van der Waals surface area (Å²) in [5.74, 6) is 0.0379. The Morgan fingerprint density at radius 3 is 2.81 bits per heavy atom. The Labute approximate surface area is 127 Å². The fraction of sp³-hybridized carbons (Fsp3) is 0.933. The van der Waals surface area contributed by atoms with E-state index in [0.29, 0.717) is 39.6 Å². The third-order valence-electron chi connectivity index (χ3n) is 3.52. The SMILES string of the molecule is CCCNC1COCC1C(=O)NCCCCOCCOC. The summed E-state index contributed by atoms with van der Waals surface area (Å²) < 4.78 is 15.7. The summed E-state index contributed by atoms with van der Waals surface area (Å²) in [4.78, 5) is 12.1. The molecule has 1 amide bonds. The van der Waals surface area contributed by atoms with Gasteiger partial charge in [0.25, 0.3) is 0 Å². The highest BCUT2D eigenvalue weighted by Crippen LogP contribution is 2.13. The molecule has 0 aromatic heterocycles. The fourth-order valence-electron chi connectivity index (χ4n) is 2.26. The second kappa shape index (κ2) is 11.9. The first-order valence-corrected chi connectivity index (χ1v) is 7.95. The Balaban J connectivity index is 2.04. The minimum absolute atomic E-state index is 0.0606. The lowest BCUT2D eigenvalue weighted by Gasteiger charge is -2.18. The summed E-state index contributed by atoms with van der Waals surface area (Å²) >= 11 is 0. The van der Waals surface area contributed by atoms with Crippen molar-refractivity contribution < 1.29 is 19.0 Å². The third kappa shape index (κ3) is 7.76. The zero-order valence-electron chi connectivity index (χ0n) is 13.4. The Kier molecular flexibility index (Phi) is 10.4.